The molecule has 1 atom stereocenters. The number of halogens is 2. The van der Waals surface area contributed by atoms with Gasteiger partial charge in [-0.25, -0.2) is 0 Å². The van der Waals surface area contributed by atoms with E-state index in [-0.39, 0.29) is 18.7 Å². The number of aryl methyl sites for hydroxylation is 1. The second-order valence-electron chi connectivity index (χ2n) is 10.9. The van der Waals surface area contributed by atoms with Crippen LogP contribution in [0.15, 0.2) is 91.0 Å². The maximum absolute atomic E-state index is 13.8. The molecule has 0 aromatic heterocycles. The number of carbonyl (C=O) groups excluding carboxylic acids is 1. The van der Waals surface area contributed by atoms with Crippen LogP contribution in [0.3, 0.4) is 0 Å². The highest BCUT2D eigenvalue weighted by atomic mass is 35.5. The van der Waals surface area contributed by atoms with Gasteiger partial charge in [0.05, 0.1) is 12.6 Å². The second kappa shape index (κ2) is 15.4. The maximum atomic E-state index is 13.8. The molecule has 1 amide bonds. The molecular formula is C36H37Cl2NO4. The number of benzene rings is 4. The highest BCUT2D eigenvalue weighted by Gasteiger charge is 2.33. The van der Waals surface area contributed by atoms with Crippen LogP contribution in [0.4, 0.5) is 0 Å². The Morgan fingerprint density at radius 1 is 0.860 bits per heavy atom. The summed E-state index contributed by atoms with van der Waals surface area (Å²) in [5.74, 6) is 0.854. The van der Waals surface area contributed by atoms with Crippen LogP contribution in [-0.4, -0.2) is 39.1 Å². The summed E-state index contributed by atoms with van der Waals surface area (Å²) in [6.07, 6.45) is 5.28. The molecule has 1 unspecified atom stereocenters. The molecule has 5 nitrogen and oxygen atoms in total. The molecule has 1 aliphatic carbocycles. The summed E-state index contributed by atoms with van der Waals surface area (Å²) in [5, 5.41) is 4.45. The van der Waals surface area contributed by atoms with Crippen LogP contribution in [0, 0.1) is 5.92 Å². The van der Waals surface area contributed by atoms with Crippen LogP contribution >= 0.6 is 23.2 Å². The van der Waals surface area contributed by atoms with E-state index in [9.17, 15) is 4.79 Å². The number of hydrogen-bond acceptors (Lipinski definition) is 4. The molecule has 1 aliphatic rings. The Morgan fingerprint density at radius 2 is 1.51 bits per heavy atom. The lowest BCUT2D eigenvalue weighted by atomic mass is 9.94. The highest BCUT2D eigenvalue weighted by molar-refractivity contribution is 6.31. The number of methoxy groups -OCH3 is 1. The molecule has 5 rings (SSSR count). The van der Waals surface area contributed by atoms with Crippen molar-refractivity contribution in [2.24, 2.45) is 5.92 Å². The normalized spacial score (nSPS) is 13.5. The van der Waals surface area contributed by atoms with Crippen LogP contribution in [0.25, 0.3) is 22.3 Å². The van der Waals surface area contributed by atoms with Gasteiger partial charge in [-0.15, -0.1) is 0 Å². The average molecular weight is 619 g/mol. The fourth-order valence-corrected chi connectivity index (χ4v) is 5.59. The molecule has 43 heavy (non-hydrogen) atoms. The minimum absolute atomic E-state index is 0.0408. The molecule has 0 bridgehead atoms. The Morgan fingerprint density at radius 3 is 2.09 bits per heavy atom. The molecule has 4 aromatic carbocycles. The average Bonchev–Trinajstić information content (AvgIpc) is 3.87. The third kappa shape index (κ3) is 8.84. The van der Waals surface area contributed by atoms with Gasteiger partial charge in [-0.1, -0.05) is 77.8 Å². The predicted molar refractivity (Wildman–Crippen MR) is 174 cm³/mol. The summed E-state index contributed by atoms with van der Waals surface area (Å²) in [5.41, 5.74) is 4.99. The van der Waals surface area contributed by atoms with Crippen molar-refractivity contribution in [3.8, 4) is 28.0 Å². The first-order valence-electron chi connectivity index (χ1n) is 14.8. The van der Waals surface area contributed by atoms with Crippen molar-refractivity contribution in [3.05, 3.63) is 112 Å². The molecule has 0 saturated heterocycles. The fraction of sp³-hybridized carbons (Fsp3) is 0.306. The molecule has 1 N–H and O–H groups in total. The molecular weight excluding hydrogens is 581 g/mol. The number of ether oxygens (including phenoxy) is 3. The lowest BCUT2D eigenvalue weighted by Gasteiger charge is -2.21. The quantitative estimate of drug-likeness (QED) is 0.107. The van der Waals surface area contributed by atoms with Crippen molar-refractivity contribution in [3.63, 3.8) is 0 Å². The maximum Gasteiger partial charge on any atom is 0.251 e. The molecule has 0 radical (unpaired) electrons. The number of amides is 1. The van der Waals surface area contributed by atoms with Gasteiger partial charge in [0.1, 0.15) is 5.75 Å². The molecule has 0 heterocycles. The van der Waals surface area contributed by atoms with Gasteiger partial charge in [0.15, 0.2) is 6.79 Å². The fourth-order valence-electron chi connectivity index (χ4n) is 5.21. The van der Waals surface area contributed by atoms with Crippen molar-refractivity contribution in [1.29, 1.82) is 0 Å². The Hall–Kier alpha value is -3.35. The van der Waals surface area contributed by atoms with Crippen molar-refractivity contribution in [2.75, 3.05) is 27.1 Å². The standard InChI is InChI=1S/C36H37Cl2NO4/c1-41-24-43-35-32(27-12-7-14-30(37)19-27)21-29(22-33(35)28-13-8-15-31(38)20-28)36(40)39-34(26-16-17-26)23-42-18-6-5-11-25-9-3-2-4-10-25/h2-4,7-10,12-15,19-22,26,34H,5-6,11,16-18,23-24H2,1H3,(H,39,40). The third-order valence-electron chi connectivity index (χ3n) is 7.60. The first-order chi connectivity index (χ1) is 21.0. The minimum Gasteiger partial charge on any atom is -0.466 e. The highest BCUT2D eigenvalue weighted by Crippen LogP contribution is 2.42. The van der Waals surface area contributed by atoms with Crippen molar-refractivity contribution in [1.82, 2.24) is 5.32 Å². The van der Waals surface area contributed by atoms with E-state index in [1.807, 2.05) is 66.7 Å². The SMILES string of the molecule is COCOc1c(-c2cccc(Cl)c2)cc(C(=O)NC(COCCCCc2ccccc2)C2CC2)cc1-c1cccc(Cl)c1. The lowest BCUT2D eigenvalue weighted by Crippen LogP contribution is -2.40. The Balaban J connectivity index is 1.35. The Bertz CT molecular complexity index is 1440. The summed E-state index contributed by atoms with van der Waals surface area (Å²) >= 11 is 12.8. The van der Waals surface area contributed by atoms with Gasteiger partial charge in [-0.3, -0.25) is 4.79 Å². The summed E-state index contributed by atoms with van der Waals surface area (Å²) in [7, 11) is 1.57. The monoisotopic (exact) mass is 617 g/mol. The number of nitrogens with one attached hydrogen (secondary N) is 1. The third-order valence-corrected chi connectivity index (χ3v) is 8.07. The summed E-state index contributed by atoms with van der Waals surface area (Å²) in [6, 6.07) is 29.2. The first-order valence-corrected chi connectivity index (χ1v) is 15.5. The van der Waals surface area contributed by atoms with E-state index >= 15 is 0 Å². The topological polar surface area (TPSA) is 56.8 Å². The molecule has 7 heteroatoms. The van der Waals surface area contributed by atoms with E-state index in [1.165, 1.54) is 5.56 Å². The zero-order chi connectivity index (χ0) is 30.0. The smallest absolute Gasteiger partial charge is 0.251 e. The Kier molecular flexibility index (Phi) is 11.1. The predicted octanol–water partition coefficient (Wildman–Crippen LogP) is 8.86. The molecule has 0 aliphatic heterocycles. The van der Waals surface area contributed by atoms with Crippen molar-refractivity contribution >= 4 is 29.1 Å². The number of rotatable bonds is 15. The van der Waals surface area contributed by atoms with Gasteiger partial charge >= 0.3 is 0 Å². The zero-order valence-electron chi connectivity index (χ0n) is 24.4. The van der Waals surface area contributed by atoms with Gasteiger partial charge in [0.2, 0.25) is 0 Å². The van der Waals surface area contributed by atoms with E-state index in [4.69, 9.17) is 37.4 Å². The molecule has 0 spiro atoms. The molecule has 224 valence electrons. The second-order valence-corrected chi connectivity index (χ2v) is 11.8. The van der Waals surface area contributed by atoms with E-state index in [2.05, 4.69) is 29.6 Å². The molecule has 1 saturated carbocycles. The van der Waals surface area contributed by atoms with E-state index in [0.717, 1.165) is 54.4 Å². The van der Waals surface area contributed by atoms with Gasteiger partial charge in [0.25, 0.3) is 5.91 Å². The molecule has 4 aromatic rings. The van der Waals surface area contributed by atoms with Gasteiger partial charge in [0, 0.05) is 40.5 Å². The van der Waals surface area contributed by atoms with Gasteiger partial charge in [-0.2, -0.15) is 0 Å². The van der Waals surface area contributed by atoms with Crippen LogP contribution in [0.5, 0.6) is 5.75 Å². The summed E-state index contributed by atoms with van der Waals surface area (Å²) in [4.78, 5) is 13.8. The summed E-state index contributed by atoms with van der Waals surface area (Å²) in [6.45, 7) is 1.22. The van der Waals surface area contributed by atoms with Crippen molar-refractivity contribution < 1.29 is 19.0 Å². The Labute approximate surface area is 264 Å². The lowest BCUT2D eigenvalue weighted by molar-refractivity contribution is 0.0519. The van der Waals surface area contributed by atoms with Crippen molar-refractivity contribution in [2.45, 2.75) is 38.1 Å². The van der Waals surface area contributed by atoms with Crippen LogP contribution in [0.2, 0.25) is 10.0 Å². The minimum atomic E-state index is -0.158. The number of carbonyl (C=O) groups is 1. The van der Waals surface area contributed by atoms with Gasteiger partial charge in [-0.05, 0) is 91.1 Å². The van der Waals surface area contributed by atoms with Gasteiger partial charge < -0.3 is 19.5 Å². The number of hydrogen-bond donors (Lipinski definition) is 1. The van der Waals surface area contributed by atoms with E-state index in [1.54, 1.807) is 7.11 Å². The summed E-state index contributed by atoms with van der Waals surface area (Å²) < 4.78 is 17.4. The van der Waals surface area contributed by atoms with Crippen LogP contribution in [0.1, 0.15) is 41.6 Å². The number of unbranched alkanes of at least 4 members (excludes halogenated alkanes) is 1. The van der Waals surface area contributed by atoms with Crippen LogP contribution < -0.4 is 10.1 Å². The molecule has 1 fully saturated rings. The van der Waals surface area contributed by atoms with E-state index < -0.39 is 0 Å². The van der Waals surface area contributed by atoms with Crippen LogP contribution in [-0.2, 0) is 15.9 Å². The zero-order valence-corrected chi connectivity index (χ0v) is 25.9. The van der Waals surface area contributed by atoms with E-state index in [0.29, 0.717) is 40.5 Å². The largest absolute Gasteiger partial charge is 0.466 e. The first kappa shape index (κ1) is 31.1.